The van der Waals surface area contributed by atoms with Gasteiger partial charge >= 0.3 is 0 Å². The van der Waals surface area contributed by atoms with Crippen molar-refractivity contribution in [3.05, 3.63) is 58.6 Å². The van der Waals surface area contributed by atoms with Gasteiger partial charge in [0.1, 0.15) is 0 Å². The predicted molar refractivity (Wildman–Crippen MR) is 115 cm³/mol. The number of nitrogens with zero attached hydrogens (tertiary/aromatic N) is 3. The summed E-state index contributed by atoms with van der Waals surface area (Å²) in [6, 6.07) is 12.8. The second-order valence-corrected chi connectivity index (χ2v) is 9.41. The average Bonchev–Trinajstić information content (AvgIpc) is 2.74. The predicted octanol–water partition coefficient (Wildman–Crippen LogP) is 2.26. The molecule has 0 atom stereocenters. The number of piperazine rings is 1. The van der Waals surface area contributed by atoms with Crippen molar-refractivity contribution in [1.82, 2.24) is 9.21 Å². The first-order valence-electron chi connectivity index (χ1n) is 9.21. The Morgan fingerprint density at radius 1 is 1.10 bits per heavy atom. The number of thioether (sulfide) groups is 1. The van der Waals surface area contributed by atoms with Crippen LogP contribution in [0.2, 0.25) is 0 Å². The number of anilines is 1. The number of hydrogen-bond donors (Lipinski definition) is 1. The van der Waals surface area contributed by atoms with E-state index in [1.165, 1.54) is 40.3 Å². The molecule has 1 heterocycles. The van der Waals surface area contributed by atoms with E-state index in [-0.39, 0.29) is 30.4 Å². The zero-order valence-electron chi connectivity index (χ0n) is 16.4. The normalized spacial score (nSPS) is 15.6. The molecule has 0 aliphatic carbocycles. The highest BCUT2D eigenvalue weighted by Gasteiger charge is 2.33. The number of sulfonamides is 1. The van der Waals surface area contributed by atoms with E-state index in [0.29, 0.717) is 13.1 Å². The molecule has 0 saturated carbocycles. The maximum Gasteiger partial charge on any atom is 0.289 e. The van der Waals surface area contributed by atoms with Crippen LogP contribution in [0.1, 0.15) is 0 Å². The lowest BCUT2D eigenvalue weighted by Gasteiger charge is -2.33. The monoisotopic (exact) mass is 450 g/mol. The number of para-hydroxylation sites is 2. The van der Waals surface area contributed by atoms with Gasteiger partial charge in [-0.05, 0) is 24.5 Å². The second kappa shape index (κ2) is 9.56. The molecule has 3 rings (SSSR count). The first-order chi connectivity index (χ1) is 14.3. The Labute approximate surface area is 179 Å². The van der Waals surface area contributed by atoms with E-state index in [2.05, 4.69) is 5.32 Å². The van der Waals surface area contributed by atoms with Crippen LogP contribution in [0.4, 0.5) is 11.4 Å². The summed E-state index contributed by atoms with van der Waals surface area (Å²) in [4.78, 5) is 25.4. The Morgan fingerprint density at radius 3 is 2.40 bits per heavy atom. The topological polar surface area (TPSA) is 113 Å². The van der Waals surface area contributed by atoms with E-state index < -0.39 is 20.6 Å². The van der Waals surface area contributed by atoms with Gasteiger partial charge in [0.15, 0.2) is 4.90 Å². The van der Waals surface area contributed by atoms with Crippen molar-refractivity contribution in [3.8, 4) is 0 Å². The molecule has 1 saturated heterocycles. The van der Waals surface area contributed by atoms with Gasteiger partial charge in [-0.3, -0.25) is 19.8 Å². The van der Waals surface area contributed by atoms with Crippen LogP contribution in [0, 0.1) is 10.1 Å². The van der Waals surface area contributed by atoms with E-state index in [1.54, 1.807) is 0 Å². The number of benzene rings is 2. The number of rotatable bonds is 7. The minimum Gasteiger partial charge on any atom is -0.324 e. The number of carbonyl (C=O) groups is 1. The highest BCUT2D eigenvalue weighted by Crippen LogP contribution is 2.27. The molecule has 0 bridgehead atoms. The van der Waals surface area contributed by atoms with Gasteiger partial charge in [0, 0.05) is 37.1 Å². The molecule has 0 spiro atoms. The largest absolute Gasteiger partial charge is 0.324 e. The molecule has 1 N–H and O–H groups in total. The fraction of sp³-hybridized carbons (Fsp3) is 0.316. The van der Waals surface area contributed by atoms with Crippen molar-refractivity contribution in [2.75, 3.05) is 44.3 Å². The number of hydrogen-bond acceptors (Lipinski definition) is 7. The van der Waals surface area contributed by atoms with Gasteiger partial charge in [-0.25, -0.2) is 8.42 Å². The molecular formula is C19H22N4O5S2. The van der Waals surface area contributed by atoms with E-state index in [4.69, 9.17) is 0 Å². The second-order valence-electron chi connectivity index (χ2n) is 6.65. The Kier molecular flexibility index (Phi) is 7.08. The van der Waals surface area contributed by atoms with Crippen LogP contribution in [0.5, 0.6) is 0 Å². The maximum absolute atomic E-state index is 12.9. The third-order valence-corrected chi connectivity index (χ3v) is 7.50. The quantitative estimate of drug-likeness (QED) is 0.391. The SMILES string of the molecule is CSc1ccccc1NC(=O)CN1CCN(S(=O)(=O)c2ccccc2[N+](=O)[O-])CC1. The molecule has 0 aromatic heterocycles. The third-order valence-electron chi connectivity index (χ3n) is 4.76. The minimum absolute atomic E-state index is 0.141. The lowest BCUT2D eigenvalue weighted by atomic mass is 10.3. The van der Waals surface area contributed by atoms with Crippen LogP contribution in [-0.4, -0.2) is 67.4 Å². The van der Waals surface area contributed by atoms with Gasteiger partial charge in [-0.1, -0.05) is 24.3 Å². The van der Waals surface area contributed by atoms with Crippen molar-refractivity contribution in [3.63, 3.8) is 0 Å². The first kappa shape index (κ1) is 22.2. The first-order valence-corrected chi connectivity index (χ1v) is 11.9. The highest BCUT2D eigenvalue weighted by molar-refractivity contribution is 7.98. The van der Waals surface area contributed by atoms with Crippen molar-refractivity contribution in [2.24, 2.45) is 0 Å². The van der Waals surface area contributed by atoms with Gasteiger partial charge in [-0.15, -0.1) is 11.8 Å². The standard InChI is InChI=1S/C19H22N4O5S2/c1-29-17-8-4-2-6-15(17)20-19(24)14-21-10-12-22(13-11-21)30(27,28)18-9-5-3-7-16(18)23(25)26/h2-9H,10-14H2,1H3,(H,20,24). The Morgan fingerprint density at radius 2 is 1.73 bits per heavy atom. The average molecular weight is 451 g/mol. The van der Waals surface area contributed by atoms with Gasteiger partial charge < -0.3 is 5.32 Å². The molecule has 0 radical (unpaired) electrons. The summed E-state index contributed by atoms with van der Waals surface area (Å²) in [6.45, 7) is 1.17. The van der Waals surface area contributed by atoms with Gasteiger partial charge in [0.2, 0.25) is 15.9 Å². The molecule has 1 aliphatic heterocycles. The molecule has 9 nitrogen and oxygen atoms in total. The summed E-state index contributed by atoms with van der Waals surface area (Å²) in [6.07, 6.45) is 1.93. The van der Waals surface area contributed by atoms with Gasteiger partial charge in [-0.2, -0.15) is 4.31 Å². The molecule has 11 heteroatoms. The molecule has 160 valence electrons. The van der Waals surface area contributed by atoms with E-state index in [9.17, 15) is 23.3 Å². The zero-order chi connectivity index (χ0) is 21.7. The van der Waals surface area contributed by atoms with Crippen molar-refractivity contribution in [2.45, 2.75) is 9.79 Å². The number of amides is 1. The van der Waals surface area contributed by atoms with Gasteiger partial charge in [0.05, 0.1) is 17.2 Å². The number of nitro benzene ring substituents is 1. The number of carbonyl (C=O) groups excluding carboxylic acids is 1. The summed E-state index contributed by atoms with van der Waals surface area (Å²) < 4.78 is 27.0. The van der Waals surface area contributed by atoms with Gasteiger partial charge in [0.25, 0.3) is 5.69 Å². The summed E-state index contributed by atoms with van der Waals surface area (Å²) in [7, 11) is -3.99. The Bertz CT molecular complexity index is 1040. The van der Waals surface area contributed by atoms with Crippen molar-refractivity contribution >= 4 is 39.1 Å². The highest BCUT2D eigenvalue weighted by atomic mass is 32.2. The fourth-order valence-electron chi connectivity index (χ4n) is 3.23. The van der Waals surface area contributed by atoms with Crippen LogP contribution in [0.3, 0.4) is 0 Å². The number of nitro groups is 1. The van der Waals surface area contributed by atoms with E-state index >= 15 is 0 Å². The van der Waals surface area contributed by atoms with Crippen LogP contribution < -0.4 is 5.32 Å². The van der Waals surface area contributed by atoms with Crippen LogP contribution in [0.15, 0.2) is 58.3 Å². The molecule has 0 unspecified atom stereocenters. The molecule has 2 aromatic rings. The molecule has 2 aromatic carbocycles. The summed E-state index contributed by atoms with van der Waals surface area (Å²) in [5.74, 6) is -0.175. The van der Waals surface area contributed by atoms with Crippen LogP contribution in [-0.2, 0) is 14.8 Å². The van der Waals surface area contributed by atoms with Crippen LogP contribution >= 0.6 is 11.8 Å². The smallest absolute Gasteiger partial charge is 0.289 e. The maximum atomic E-state index is 12.9. The lowest BCUT2D eigenvalue weighted by molar-refractivity contribution is -0.387. The van der Waals surface area contributed by atoms with Crippen molar-refractivity contribution in [1.29, 1.82) is 0 Å². The Hall–Kier alpha value is -2.47. The molecule has 1 fully saturated rings. The lowest BCUT2D eigenvalue weighted by Crippen LogP contribution is -2.50. The third kappa shape index (κ3) is 4.98. The molecule has 1 aliphatic rings. The molecule has 1 amide bonds. The zero-order valence-corrected chi connectivity index (χ0v) is 18.0. The summed E-state index contributed by atoms with van der Waals surface area (Å²) in [5.41, 5.74) is 0.305. The van der Waals surface area contributed by atoms with E-state index in [1.807, 2.05) is 35.4 Å². The number of nitrogens with one attached hydrogen (secondary N) is 1. The fourth-order valence-corrected chi connectivity index (χ4v) is 5.37. The van der Waals surface area contributed by atoms with E-state index in [0.717, 1.165) is 10.6 Å². The molecule has 30 heavy (non-hydrogen) atoms. The van der Waals surface area contributed by atoms with Crippen molar-refractivity contribution < 1.29 is 18.1 Å². The Balaban J connectivity index is 1.61. The van der Waals surface area contributed by atoms with Crippen LogP contribution in [0.25, 0.3) is 0 Å². The summed E-state index contributed by atoms with van der Waals surface area (Å²) >= 11 is 1.54. The molecular weight excluding hydrogens is 428 g/mol. The summed E-state index contributed by atoms with van der Waals surface area (Å²) in [5, 5.41) is 14.1. The minimum atomic E-state index is -3.99.